The highest BCUT2D eigenvalue weighted by molar-refractivity contribution is 5.87. The van der Waals surface area contributed by atoms with E-state index in [1.807, 2.05) is 32.0 Å². The van der Waals surface area contributed by atoms with Crippen LogP contribution in [-0.4, -0.2) is 11.7 Å². The molecule has 0 radical (unpaired) electrons. The fraction of sp³-hybridized carbons (Fsp3) is 0.286. The molecule has 0 bridgehead atoms. The summed E-state index contributed by atoms with van der Waals surface area (Å²) in [6.07, 6.45) is 0.00185. The molecule has 16 heavy (non-hydrogen) atoms. The summed E-state index contributed by atoms with van der Waals surface area (Å²) in [4.78, 5) is 0. The molecule has 0 aliphatic rings. The monoisotopic (exact) mass is 216 g/mol. The van der Waals surface area contributed by atoms with E-state index in [0.717, 1.165) is 16.3 Å². The van der Waals surface area contributed by atoms with Gasteiger partial charge < -0.3 is 9.84 Å². The van der Waals surface area contributed by atoms with Gasteiger partial charge in [0, 0.05) is 6.61 Å². The van der Waals surface area contributed by atoms with Crippen molar-refractivity contribution < 1.29 is 9.84 Å². The summed E-state index contributed by atoms with van der Waals surface area (Å²) >= 11 is 0. The number of rotatable bonds is 3. The van der Waals surface area contributed by atoms with Gasteiger partial charge in [0.25, 0.3) is 0 Å². The first-order valence-corrected chi connectivity index (χ1v) is 5.55. The summed E-state index contributed by atoms with van der Waals surface area (Å²) in [5, 5.41) is 11.9. The van der Waals surface area contributed by atoms with Gasteiger partial charge in [-0.05, 0) is 42.3 Å². The molecule has 1 N–H and O–H groups in total. The molecule has 0 fully saturated rings. The fourth-order valence-electron chi connectivity index (χ4n) is 2.00. The van der Waals surface area contributed by atoms with Gasteiger partial charge in [-0.3, -0.25) is 0 Å². The van der Waals surface area contributed by atoms with Crippen molar-refractivity contribution in [1.29, 1.82) is 0 Å². The number of ether oxygens (including phenoxy) is 1. The number of hydrogen-bond acceptors (Lipinski definition) is 2. The van der Waals surface area contributed by atoms with E-state index < -0.39 is 0 Å². The summed E-state index contributed by atoms with van der Waals surface area (Å²) in [6.45, 7) is 4.65. The van der Waals surface area contributed by atoms with Crippen LogP contribution in [-0.2, 0) is 4.74 Å². The average Bonchev–Trinajstić information content (AvgIpc) is 2.28. The first kappa shape index (κ1) is 11.0. The van der Waals surface area contributed by atoms with Crippen molar-refractivity contribution in [3.8, 4) is 5.75 Å². The molecule has 0 heterocycles. The Morgan fingerprint density at radius 1 is 1.25 bits per heavy atom. The largest absolute Gasteiger partial charge is 0.508 e. The van der Waals surface area contributed by atoms with Gasteiger partial charge >= 0.3 is 0 Å². The van der Waals surface area contributed by atoms with Gasteiger partial charge in [0.2, 0.25) is 0 Å². The SMILES string of the molecule is CCOC(C)c1cc(O)cc2ccccc12. The number of fused-ring (bicyclic) bond motifs is 1. The van der Waals surface area contributed by atoms with Gasteiger partial charge in [0.05, 0.1) is 6.10 Å². The maximum absolute atomic E-state index is 9.67. The van der Waals surface area contributed by atoms with Crippen molar-refractivity contribution in [3.05, 3.63) is 42.0 Å². The van der Waals surface area contributed by atoms with Crippen LogP contribution in [0, 0.1) is 0 Å². The zero-order valence-electron chi connectivity index (χ0n) is 9.60. The minimum atomic E-state index is 0.00185. The first-order chi connectivity index (χ1) is 7.72. The molecule has 0 spiro atoms. The van der Waals surface area contributed by atoms with E-state index in [1.165, 1.54) is 0 Å². The summed E-state index contributed by atoms with van der Waals surface area (Å²) in [7, 11) is 0. The van der Waals surface area contributed by atoms with Crippen LogP contribution in [0.25, 0.3) is 10.8 Å². The maximum atomic E-state index is 9.67. The lowest BCUT2D eigenvalue weighted by Crippen LogP contribution is -2.00. The summed E-state index contributed by atoms with van der Waals surface area (Å²) in [6, 6.07) is 11.6. The summed E-state index contributed by atoms with van der Waals surface area (Å²) < 4.78 is 5.58. The second-order valence-electron chi connectivity index (χ2n) is 3.85. The molecule has 0 saturated carbocycles. The normalized spacial score (nSPS) is 12.9. The van der Waals surface area contributed by atoms with E-state index in [4.69, 9.17) is 4.74 Å². The highest BCUT2D eigenvalue weighted by atomic mass is 16.5. The topological polar surface area (TPSA) is 29.5 Å². The van der Waals surface area contributed by atoms with E-state index in [-0.39, 0.29) is 6.10 Å². The molecule has 0 amide bonds. The van der Waals surface area contributed by atoms with Crippen LogP contribution in [0.2, 0.25) is 0 Å². The Kier molecular flexibility index (Phi) is 3.11. The standard InChI is InChI=1S/C14H16O2/c1-3-16-10(2)14-9-12(15)8-11-6-4-5-7-13(11)14/h4-10,15H,3H2,1-2H3. The van der Waals surface area contributed by atoms with Gasteiger partial charge in [-0.2, -0.15) is 0 Å². The molecule has 1 atom stereocenters. The third kappa shape index (κ3) is 2.02. The van der Waals surface area contributed by atoms with Crippen molar-refractivity contribution in [2.75, 3.05) is 6.61 Å². The molecule has 2 nitrogen and oxygen atoms in total. The Morgan fingerprint density at radius 3 is 2.75 bits per heavy atom. The van der Waals surface area contributed by atoms with Crippen molar-refractivity contribution >= 4 is 10.8 Å². The minimum absolute atomic E-state index is 0.00185. The minimum Gasteiger partial charge on any atom is -0.508 e. The lowest BCUT2D eigenvalue weighted by atomic mass is 10.0. The third-order valence-electron chi connectivity index (χ3n) is 2.73. The van der Waals surface area contributed by atoms with Crippen molar-refractivity contribution in [1.82, 2.24) is 0 Å². The van der Waals surface area contributed by atoms with E-state index in [2.05, 4.69) is 6.07 Å². The molecule has 0 aliphatic carbocycles. The van der Waals surface area contributed by atoms with Crippen LogP contribution in [0.15, 0.2) is 36.4 Å². The highest BCUT2D eigenvalue weighted by Gasteiger charge is 2.10. The Labute approximate surface area is 95.5 Å². The van der Waals surface area contributed by atoms with Crippen LogP contribution in [0.4, 0.5) is 0 Å². The third-order valence-corrected chi connectivity index (χ3v) is 2.73. The molecule has 2 aromatic carbocycles. The Bertz CT molecular complexity index is 491. The smallest absolute Gasteiger partial charge is 0.116 e. The molecule has 84 valence electrons. The Morgan fingerprint density at radius 2 is 2.00 bits per heavy atom. The second kappa shape index (κ2) is 4.54. The van der Waals surface area contributed by atoms with Gasteiger partial charge in [-0.1, -0.05) is 24.3 Å². The molecular formula is C14H16O2. The average molecular weight is 216 g/mol. The first-order valence-electron chi connectivity index (χ1n) is 5.55. The predicted octanol–water partition coefficient (Wildman–Crippen LogP) is 3.64. The van der Waals surface area contributed by atoms with Crippen LogP contribution in [0.5, 0.6) is 5.75 Å². The zero-order valence-corrected chi connectivity index (χ0v) is 9.60. The van der Waals surface area contributed by atoms with Gasteiger partial charge in [-0.15, -0.1) is 0 Å². The molecule has 2 heteroatoms. The highest BCUT2D eigenvalue weighted by Crippen LogP contribution is 2.30. The summed E-state index contributed by atoms with van der Waals surface area (Å²) in [5.41, 5.74) is 1.04. The fourth-order valence-corrected chi connectivity index (χ4v) is 2.00. The summed E-state index contributed by atoms with van der Waals surface area (Å²) in [5.74, 6) is 0.292. The zero-order chi connectivity index (χ0) is 11.5. The van der Waals surface area contributed by atoms with E-state index >= 15 is 0 Å². The lowest BCUT2D eigenvalue weighted by molar-refractivity contribution is 0.0773. The lowest BCUT2D eigenvalue weighted by Gasteiger charge is -2.15. The maximum Gasteiger partial charge on any atom is 0.116 e. The molecule has 1 unspecified atom stereocenters. The van der Waals surface area contributed by atoms with E-state index in [1.54, 1.807) is 12.1 Å². The molecular weight excluding hydrogens is 200 g/mol. The van der Waals surface area contributed by atoms with Crippen molar-refractivity contribution in [3.63, 3.8) is 0 Å². The predicted molar refractivity (Wildman–Crippen MR) is 65.7 cm³/mol. The van der Waals surface area contributed by atoms with Crippen LogP contribution < -0.4 is 0 Å². The van der Waals surface area contributed by atoms with Gasteiger partial charge in [-0.25, -0.2) is 0 Å². The molecule has 2 rings (SSSR count). The Balaban J connectivity index is 2.58. The molecule has 0 aromatic heterocycles. The number of benzene rings is 2. The van der Waals surface area contributed by atoms with Gasteiger partial charge in [0.1, 0.15) is 5.75 Å². The molecule has 0 saturated heterocycles. The van der Waals surface area contributed by atoms with Crippen LogP contribution >= 0.6 is 0 Å². The van der Waals surface area contributed by atoms with Crippen molar-refractivity contribution in [2.24, 2.45) is 0 Å². The Hall–Kier alpha value is -1.54. The quantitative estimate of drug-likeness (QED) is 0.848. The molecule has 0 aliphatic heterocycles. The van der Waals surface area contributed by atoms with Gasteiger partial charge in [0.15, 0.2) is 0 Å². The molecule has 2 aromatic rings. The number of phenols is 1. The number of phenolic OH excluding ortho intramolecular Hbond substituents is 1. The number of aromatic hydroxyl groups is 1. The number of hydrogen-bond donors (Lipinski definition) is 1. The van der Waals surface area contributed by atoms with Crippen LogP contribution in [0.3, 0.4) is 0 Å². The van der Waals surface area contributed by atoms with E-state index in [9.17, 15) is 5.11 Å². The van der Waals surface area contributed by atoms with E-state index in [0.29, 0.717) is 12.4 Å². The second-order valence-corrected chi connectivity index (χ2v) is 3.85. The van der Waals surface area contributed by atoms with Crippen LogP contribution in [0.1, 0.15) is 25.5 Å². The van der Waals surface area contributed by atoms with Crippen molar-refractivity contribution in [2.45, 2.75) is 20.0 Å².